The van der Waals surface area contributed by atoms with Gasteiger partial charge in [-0.15, -0.1) is 0 Å². The van der Waals surface area contributed by atoms with Crippen molar-refractivity contribution in [1.29, 1.82) is 0 Å². The molecule has 1 saturated carbocycles. The molecule has 3 nitrogen and oxygen atoms in total. The molecule has 0 saturated heterocycles. The highest BCUT2D eigenvalue weighted by atomic mass is 16.1. The summed E-state index contributed by atoms with van der Waals surface area (Å²) >= 11 is 0. The molecular formula is C18H28N2O. The number of anilines is 1. The Balaban J connectivity index is 1.91. The van der Waals surface area contributed by atoms with E-state index in [1.807, 2.05) is 0 Å². The van der Waals surface area contributed by atoms with Crippen LogP contribution in [0.3, 0.4) is 0 Å². The van der Waals surface area contributed by atoms with Crippen LogP contribution in [0.4, 0.5) is 5.69 Å². The van der Waals surface area contributed by atoms with Gasteiger partial charge in [0.2, 0.25) is 5.91 Å². The number of benzene rings is 1. The number of hydrogen-bond donors (Lipinski definition) is 2. The Bertz CT molecular complexity index is 476. The summed E-state index contributed by atoms with van der Waals surface area (Å²) in [7, 11) is 0. The van der Waals surface area contributed by atoms with Crippen LogP contribution in [0.15, 0.2) is 18.2 Å². The highest BCUT2D eigenvalue weighted by molar-refractivity contribution is 5.81. The molecule has 0 aliphatic heterocycles. The number of rotatable bonds is 5. The minimum Gasteiger partial charge on any atom is -0.376 e. The van der Waals surface area contributed by atoms with Crippen molar-refractivity contribution in [2.24, 2.45) is 0 Å². The number of para-hydroxylation sites is 1. The second-order valence-corrected chi connectivity index (χ2v) is 6.45. The van der Waals surface area contributed by atoms with Gasteiger partial charge in [0, 0.05) is 11.7 Å². The van der Waals surface area contributed by atoms with Gasteiger partial charge in [-0.2, -0.15) is 0 Å². The number of nitrogens with one attached hydrogen (secondary N) is 2. The summed E-state index contributed by atoms with van der Waals surface area (Å²) in [6.45, 7) is 6.82. The topological polar surface area (TPSA) is 41.1 Å². The highest BCUT2D eigenvalue weighted by Crippen LogP contribution is 2.27. The third-order valence-corrected chi connectivity index (χ3v) is 4.32. The Hall–Kier alpha value is -1.51. The van der Waals surface area contributed by atoms with Crippen LogP contribution >= 0.6 is 0 Å². The summed E-state index contributed by atoms with van der Waals surface area (Å²) in [4.78, 5) is 12.1. The Morgan fingerprint density at radius 2 is 1.95 bits per heavy atom. The van der Waals surface area contributed by atoms with Crippen LogP contribution in [0.2, 0.25) is 0 Å². The SMILES string of the molecule is Cc1cccc(C(C)C)c1NCC(=O)NC1CCCCC1. The molecule has 0 atom stereocenters. The zero-order valence-corrected chi connectivity index (χ0v) is 13.5. The summed E-state index contributed by atoms with van der Waals surface area (Å²) in [5.74, 6) is 0.564. The second-order valence-electron chi connectivity index (χ2n) is 6.45. The zero-order valence-electron chi connectivity index (χ0n) is 13.5. The average molecular weight is 288 g/mol. The van der Waals surface area contributed by atoms with Crippen molar-refractivity contribution < 1.29 is 4.79 Å². The van der Waals surface area contributed by atoms with Gasteiger partial charge in [-0.3, -0.25) is 4.79 Å². The quantitative estimate of drug-likeness (QED) is 0.860. The van der Waals surface area contributed by atoms with Crippen LogP contribution in [0.25, 0.3) is 0 Å². The van der Waals surface area contributed by atoms with Crippen molar-refractivity contribution in [1.82, 2.24) is 5.32 Å². The predicted octanol–water partition coefficient (Wildman–Crippen LogP) is 3.98. The van der Waals surface area contributed by atoms with Crippen molar-refractivity contribution in [3.63, 3.8) is 0 Å². The number of amides is 1. The van der Waals surface area contributed by atoms with Crippen LogP contribution in [0, 0.1) is 6.92 Å². The van der Waals surface area contributed by atoms with Crippen molar-refractivity contribution in [3.05, 3.63) is 29.3 Å². The summed E-state index contributed by atoms with van der Waals surface area (Å²) in [5, 5.41) is 6.50. The molecular weight excluding hydrogens is 260 g/mol. The van der Waals surface area contributed by atoms with Gasteiger partial charge in [0.05, 0.1) is 6.54 Å². The van der Waals surface area contributed by atoms with Crippen LogP contribution in [0.1, 0.15) is 63.0 Å². The normalized spacial score (nSPS) is 16.0. The molecule has 116 valence electrons. The smallest absolute Gasteiger partial charge is 0.239 e. The van der Waals surface area contributed by atoms with Gasteiger partial charge in [0.25, 0.3) is 0 Å². The molecule has 0 aromatic heterocycles. The van der Waals surface area contributed by atoms with Crippen LogP contribution < -0.4 is 10.6 Å². The third-order valence-electron chi connectivity index (χ3n) is 4.32. The van der Waals surface area contributed by atoms with E-state index in [1.54, 1.807) is 0 Å². The Labute approximate surface area is 128 Å². The molecule has 1 aliphatic carbocycles. The van der Waals surface area contributed by atoms with E-state index in [9.17, 15) is 4.79 Å². The van der Waals surface area contributed by atoms with E-state index in [0.717, 1.165) is 18.5 Å². The lowest BCUT2D eigenvalue weighted by molar-refractivity contribution is -0.120. The maximum Gasteiger partial charge on any atom is 0.239 e. The summed E-state index contributed by atoms with van der Waals surface area (Å²) in [6, 6.07) is 6.69. The highest BCUT2D eigenvalue weighted by Gasteiger charge is 2.16. The van der Waals surface area contributed by atoms with E-state index in [2.05, 4.69) is 49.6 Å². The van der Waals surface area contributed by atoms with E-state index in [4.69, 9.17) is 0 Å². The second kappa shape index (κ2) is 7.48. The molecule has 2 N–H and O–H groups in total. The van der Waals surface area contributed by atoms with E-state index in [-0.39, 0.29) is 5.91 Å². The molecule has 0 bridgehead atoms. The lowest BCUT2D eigenvalue weighted by Crippen LogP contribution is -2.39. The molecule has 0 radical (unpaired) electrons. The third kappa shape index (κ3) is 4.48. The molecule has 1 amide bonds. The van der Waals surface area contributed by atoms with Gasteiger partial charge in [0.1, 0.15) is 0 Å². The van der Waals surface area contributed by atoms with Crippen LogP contribution in [-0.2, 0) is 4.79 Å². The first-order chi connectivity index (χ1) is 10.1. The molecule has 3 heteroatoms. The van der Waals surface area contributed by atoms with Gasteiger partial charge in [-0.25, -0.2) is 0 Å². The predicted molar refractivity (Wildman–Crippen MR) is 88.8 cm³/mol. The standard InChI is InChI=1S/C18H28N2O/c1-13(2)16-11-7-8-14(3)18(16)19-12-17(21)20-15-9-5-4-6-10-15/h7-8,11,13,15,19H,4-6,9-10,12H2,1-3H3,(H,20,21). The molecule has 0 spiro atoms. The van der Waals surface area contributed by atoms with E-state index >= 15 is 0 Å². The first-order valence-corrected chi connectivity index (χ1v) is 8.20. The fraction of sp³-hybridized carbons (Fsp3) is 0.611. The van der Waals surface area contributed by atoms with E-state index in [1.165, 1.54) is 30.4 Å². The maximum absolute atomic E-state index is 12.1. The lowest BCUT2D eigenvalue weighted by Gasteiger charge is -2.23. The maximum atomic E-state index is 12.1. The molecule has 1 aromatic rings. The summed E-state index contributed by atoms with van der Waals surface area (Å²) < 4.78 is 0. The zero-order chi connectivity index (χ0) is 15.2. The van der Waals surface area contributed by atoms with Gasteiger partial charge in [-0.05, 0) is 36.8 Å². The van der Waals surface area contributed by atoms with Gasteiger partial charge < -0.3 is 10.6 Å². The Kier molecular flexibility index (Phi) is 5.66. The first-order valence-electron chi connectivity index (χ1n) is 8.20. The molecule has 1 aliphatic rings. The number of aryl methyl sites for hydroxylation is 1. The summed E-state index contributed by atoms with van der Waals surface area (Å²) in [5.41, 5.74) is 3.60. The molecule has 2 rings (SSSR count). The Morgan fingerprint density at radius 1 is 1.24 bits per heavy atom. The average Bonchev–Trinajstić information content (AvgIpc) is 2.46. The minimum absolute atomic E-state index is 0.111. The van der Waals surface area contributed by atoms with Crippen molar-refractivity contribution in [2.75, 3.05) is 11.9 Å². The monoisotopic (exact) mass is 288 g/mol. The molecule has 0 unspecified atom stereocenters. The minimum atomic E-state index is 0.111. The van der Waals surface area contributed by atoms with Crippen molar-refractivity contribution in [2.45, 2.75) is 64.8 Å². The van der Waals surface area contributed by atoms with E-state index in [0.29, 0.717) is 18.5 Å². The Morgan fingerprint density at radius 3 is 2.62 bits per heavy atom. The first kappa shape index (κ1) is 15.9. The van der Waals surface area contributed by atoms with Gasteiger partial charge >= 0.3 is 0 Å². The van der Waals surface area contributed by atoms with Crippen LogP contribution in [0.5, 0.6) is 0 Å². The fourth-order valence-electron chi connectivity index (χ4n) is 3.11. The van der Waals surface area contributed by atoms with Crippen molar-refractivity contribution >= 4 is 11.6 Å². The number of hydrogen-bond acceptors (Lipinski definition) is 2. The van der Waals surface area contributed by atoms with Crippen molar-refractivity contribution in [3.8, 4) is 0 Å². The largest absolute Gasteiger partial charge is 0.376 e. The molecule has 0 heterocycles. The summed E-state index contributed by atoms with van der Waals surface area (Å²) in [6.07, 6.45) is 6.06. The van der Waals surface area contributed by atoms with E-state index < -0.39 is 0 Å². The fourth-order valence-corrected chi connectivity index (χ4v) is 3.11. The molecule has 1 aromatic carbocycles. The van der Waals surface area contributed by atoms with Crippen LogP contribution in [-0.4, -0.2) is 18.5 Å². The van der Waals surface area contributed by atoms with Gasteiger partial charge in [0.15, 0.2) is 0 Å². The molecule has 21 heavy (non-hydrogen) atoms. The molecule has 1 fully saturated rings. The lowest BCUT2D eigenvalue weighted by atomic mass is 9.95. The van der Waals surface area contributed by atoms with Gasteiger partial charge in [-0.1, -0.05) is 51.3 Å². The number of carbonyl (C=O) groups excluding carboxylic acids is 1. The number of carbonyl (C=O) groups is 1.